The molecule has 1 nitrogen and oxygen atoms in total. The highest BCUT2D eigenvalue weighted by Gasteiger charge is 2.10. The van der Waals surface area contributed by atoms with Crippen LogP contribution in [0.2, 0.25) is 0 Å². The van der Waals surface area contributed by atoms with E-state index in [2.05, 4.69) is 32.2 Å². The summed E-state index contributed by atoms with van der Waals surface area (Å²) in [7, 11) is 0. The first-order chi connectivity index (χ1) is 9.83. The molecule has 3 heteroatoms. The van der Waals surface area contributed by atoms with Gasteiger partial charge in [0.2, 0.25) is 0 Å². The predicted octanol–water partition coefficient (Wildman–Crippen LogP) is 5.17. The van der Waals surface area contributed by atoms with Crippen molar-refractivity contribution in [1.29, 1.82) is 0 Å². The second-order valence-electron chi connectivity index (χ2n) is 6.29. The average Bonchev–Trinajstić information content (AvgIpc) is 2.38. The molecule has 0 spiro atoms. The monoisotopic (exact) mass is 303 g/mol. The van der Waals surface area contributed by atoms with Crippen LogP contribution in [0.4, 0.5) is 4.39 Å². The first kappa shape index (κ1) is 16.1. The van der Waals surface area contributed by atoms with Crippen molar-refractivity contribution in [3.63, 3.8) is 0 Å². The van der Waals surface area contributed by atoms with Gasteiger partial charge < -0.3 is 5.32 Å². The van der Waals surface area contributed by atoms with Crippen LogP contribution in [-0.4, -0.2) is 5.54 Å². The van der Waals surface area contributed by atoms with Crippen LogP contribution in [-0.2, 0) is 6.54 Å². The molecule has 0 amide bonds. The largest absolute Gasteiger partial charge is 0.308 e. The van der Waals surface area contributed by atoms with Gasteiger partial charge in [0.15, 0.2) is 0 Å². The van der Waals surface area contributed by atoms with Crippen molar-refractivity contribution in [3.8, 4) is 0 Å². The molecule has 2 aromatic rings. The Kier molecular flexibility index (Phi) is 5.07. The molecule has 0 bridgehead atoms. The number of aryl methyl sites for hydroxylation is 1. The highest BCUT2D eigenvalue weighted by Crippen LogP contribution is 2.30. The minimum atomic E-state index is -0.158. The van der Waals surface area contributed by atoms with E-state index in [1.807, 2.05) is 37.3 Å². The maximum absolute atomic E-state index is 14.2. The lowest BCUT2D eigenvalue weighted by Gasteiger charge is -2.20. The van der Waals surface area contributed by atoms with Gasteiger partial charge >= 0.3 is 0 Å². The molecule has 0 radical (unpaired) electrons. The SMILES string of the molecule is Cc1cccc(Sc2ccc(CNC(C)(C)C)cc2F)c1. The van der Waals surface area contributed by atoms with E-state index in [0.717, 1.165) is 10.5 Å². The van der Waals surface area contributed by atoms with Crippen molar-refractivity contribution in [1.82, 2.24) is 5.32 Å². The molecule has 0 unspecified atom stereocenters. The molecule has 112 valence electrons. The van der Waals surface area contributed by atoms with Crippen molar-refractivity contribution >= 4 is 11.8 Å². The average molecular weight is 303 g/mol. The predicted molar refractivity (Wildman–Crippen MR) is 88.3 cm³/mol. The molecule has 0 aliphatic heterocycles. The Bertz CT molecular complexity index is 617. The summed E-state index contributed by atoms with van der Waals surface area (Å²) in [5, 5.41) is 3.37. The van der Waals surface area contributed by atoms with Crippen LogP contribution in [0.1, 0.15) is 31.9 Å². The molecule has 0 aliphatic rings. The van der Waals surface area contributed by atoms with Crippen LogP contribution in [0.3, 0.4) is 0 Å². The Morgan fingerprint density at radius 3 is 2.48 bits per heavy atom. The molecule has 21 heavy (non-hydrogen) atoms. The van der Waals surface area contributed by atoms with E-state index in [1.54, 1.807) is 6.07 Å². The number of hydrogen-bond acceptors (Lipinski definition) is 2. The number of hydrogen-bond donors (Lipinski definition) is 1. The minimum absolute atomic E-state index is 0.0332. The lowest BCUT2D eigenvalue weighted by Crippen LogP contribution is -2.35. The summed E-state index contributed by atoms with van der Waals surface area (Å²) in [6.45, 7) is 9.03. The topological polar surface area (TPSA) is 12.0 Å². The fourth-order valence-electron chi connectivity index (χ4n) is 1.91. The zero-order chi connectivity index (χ0) is 15.5. The zero-order valence-electron chi connectivity index (χ0n) is 13.0. The fourth-order valence-corrected chi connectivity index (χ4v) is 2.85. The third-order valence-corrected chi connectivity index (χ3v) is 4.08. The fraction of sp³-hybridized carbons (Fsp3) is 0.333. The van der Waals surface area contributed by atoms with Gasteiger partial charge in [0.25, 0.3) is 0 Å². The van der Waals surface area contributed by atoms with E-state index in [-0.39, 0.29) is 11.4 Å². The summed E-state index contributed by atoms with van der Waals surface area (Å²) in [4.78, 5) is 1.73. The molecule has 0 atom stereocenters. The van der Waals surface area contributed by atoms with Crippen LogP contribution in [0.25, 0.3) is 0 Å². The summed E-state index contributed by atoms with van der Waals surface area (Å²) in [6, 6.07) is 13.6. The van der Waals surface area contributed by atoms with Gasteiger partial charge in [0, 0.05) is 21.9 Å². The number of nitrogens with one attached hydrogen (secondary N) is 1. The summed E-state index contributed by atoms with van der Waals surface area (Å²) in [5.41, 5.74) is 2.19. The van der Waals surface area contributed by atoms with Gasteiger partial charge in [-0.3, -0.25) is 0 Å². The van der Waals surface area contributed by atoms with Crippen LogP contribution in [0, 0.1) is 12.7 Å². The van der Waals surface area contributed by atoms with Crippen LogP contribution >= 0.6 is 11.8 Å². The van der Waals surface area contributed by atoms with Gasteiger partial charge in [-0.2, -0.15) is 0 Å². The second-order valence-corrected chi connectivity index (χ2v) is 7.40. The first-order valence-corrected chi connectivity index (χ1v) is 7.93. The maximum Gasteiger partial charge on any atom is 0.137 e. The Labute approximate surface area is 131 Å². The number of rotatable bonds is 4. The van der Waals surface area contributed by atoms with E-state index in [9.17, 15) is 4.39 Å². The van der Waals surface area contributed by atoms with Gasteiger partial charge in [0.05, 0.1) is 0 Å². The molecule has 1 N–H and O–H groups in total. The van der Waals surface area contributed by atoms with Gasteiger partial charge in [-0.1, -0.05) is 35.5 Å². The zero-order valence-corrected chi connectivity index (χ0v) is 13.9. The number of halogens is 1. The van der Waals surface area contributed by atoms with Gasteiger partial charge in [0.1, 0.15) is 5.82 Å². The van der Waals surface area contributed by atoms with Gasteiger partial charge in [-0.25, -0.2) is 4.39 Å². The summed E-state index contributed by atoms with van der Waals surface area (Å²) < 4.78 is 14.2. The standard InChI is InChI=1S/C18H22FNS/c1-13-6-5-7-15(10-13)21-17-9-8-14(11-16(17)19)12-20-18(2,3)4/h5-11,20H,12H2,1-4H3. The van der Waals surface area contributed by atoms with Crippen molar-refractivity contribution in [3.05, 3.63) is 59.4 Å². The Hall–Kier alpha value is -1.32. The molecule has 0 saturated heterocycles. The molecular weight excluding hydrogens is 281 g/mol. The smallest absolute Gasteiger partial charge is 0.137 e. The van der Waals surface area contributed by atoms with Crippen molar-refractivity contribution in [2.45, 2.75) is 49.6 Å². The van der Waals surface area contributed by atoms with Crippen LogP contribution in [0.5, 0.6) is 0 Å². The molecule has 2 rings (SSSR count). The van der Waals surface area contributed by atoms with Crippen molar-refractivity contribution < 1.29 is 4.39 Å². The molecule has 0 saturated carbocycles. The maximum atomic E-state index is 14.2. The lowest BCUT2D eigenvalue weighted by molar-refractivity contribution is 0.423. The molecular formula is C18H22FNS. The summed E-state index contributed by atoms with van der Waals surface area (Å²) in [6.07, 6.45) is 0. The number of benzene rings is 2. The van der Waals surface area contributed by atoms with Crippen molar-refractivity contribution in [2.24, 2.45) is 0 Å². The van der Waals surface area contributed by atoms with Gasteiger partial charge in [-0.15, -0.1) is 0 Å². The second kappa shape index (κ2) is 6.63. The molecule has 0 fully saturated rings. The molecule has 0 heterocycles. The van der Waals surface area contributed by atoms with E-state index in [1.165, 1.54) is 17.3 Å². The van der Waals surface area contributed by atoms with E-state index in [0.29, 0.717) is 11.4 Å². The third kappa shape index (κ3) is 5.18. The van der Waals surface area contributed by atoms with Crippen molar-refractivity contribution in [2.75, 3.05) is 0 Å². The quantitative estimate of drug-likeness (QED) is 0.836. The molecule has 0 aromatic heterocycles. The first-order valence-electron chi connectivity index (χ1n) is 7.11. The molecule has 2 aromatic carbocycles. The van der Waals surface area contributed by atoms with E-state index < -0.39 is 0 Å². The molecule has 0 aliphatic carbocycles. The lowest BCUT2D eigenvalue weighted by atomic mass is 10.1. The normalized spacial score (nSPS) is 11.7. The highest BCUT2D eigenvalue weighted by molar-refractivity contribution is 7.99. The van der Waals surface area contributed by atoms with Crippen LogP contribution in [0.15, 0.2) is 52.3 Å². The third-order valence-electron chi connectivity index (χ3n) is 3.04. The Morgan fingerprint density at radius 1 is 1.10 bits per heavy atom. The van der Waals surface area contributed by atoms with E-state index >= 15 is 0 Å². The Balaban J connectivity index is 2.09. The minimum Gasteiger partial charge on any atom is -0.308 e. The highest BCUT2D eigenvalue weighted by atomic mass is 32.2. The summed E-state index contributed by atoms with van der Waals surface area (Å²) in [5.74, 6) is -0.158. The van der Waals surface area contributed by atoms with E-state index in [4.69, 9.17) is 0 Å². The van der Waals surface area contributed by atoms with Crippen LogP contribution < -0.4 is 5.32 Å². The van der Waals surface area contributed by atoms with Gasteiger partial charge in [-0.05, 0) is 57.5 Å². The summed E-state index contributed by atoms with van der Waals surface area (Å²) >= 11 is 1.47. The Morgan fingerprint density at radius 2 is 1.86 bits per heavy atom.